The van der Waals surface area contributed by atoms with Crippen molar-refractivity contribution in [3.05, 3.63) is 77.9 Å². The molecule has 1 aliphatic rings. The summed E-state index contributed by atoms with van der Waals surface area (Å²) in [6.45, 7) is 8.76. The van der Waals surface area contributed by atoms with E-state index in [9.17, 15) is 0 Å². The summed E-state index contributed by atoms with van der Waals surface area (Å²) < 4.78 is 12.8. The normalized spacial score (nSPS) is 15.6. The first-order valence-corrected chi connectivity index (χ1v) is 10.1. The van der Waals surface area contributed by atoms with Crippen molar-refractivity contribution in [2.24, 2.45) is 0 Å². The number of benzene rings is 3. The van der Waals surface area contributed by atoms with E-state index in [0.717, 1.165) is 22.4 Å². The minimum absolute atomic E-state index is 0.00387. The lowest BCUT2D eigenvalue weighted by atomic mass is 9.85. The lowest BCUT2D eigenvalue weighted by Gasteiger charge is -2.29. The van der Waals surface area contributed by atoms with Gasteiger partial charge in [0, 0.05) is 11.1 Å². The Morgan fingerprint density at radius 1 is 0.846 bits per heavy atom. The molecule has 3 aromatic rings. The summed E-state index contributed by atoms with van der Waals surface area (Å²) >= 11 is 0. The minimum Gasteiger partial charge on any atom is -0.435 e. The third-order valence-electron chi connectivity index (χ3n) is 4.58. The summed E-state index contributed by atoms with van der Waals surface area (Å²) in [6.07, 6.45) is 0. The smallest absolute Gasteiger partial charge is 0.326 e. The van der Waals surface area contributed by atoms with Gasteiger partial charge in [-0.05, 0) is 36.1 Å². The average molecular weight is 362 g/mol. The van der Waals surface area contributed by atoms with Gasteiger partial charge in [-0.3, -0.25) is 0 Å². The molecule has 132 valence electrons. The molecule has 26 heavy (non-hydrogen) atoms. The van der Waals surface area contributed by atoms with E-state index >= 15 is 0 Å². The standard InChI is InChI=1S/C23H23O2P/c1-16-13-14-21(19(15-16)23(2,3)4)25-26-22-12-8-6-10-18(22)17-9-5-7-11-20(17)24-26/h5-15H,1-4H3. The highest BCUT2D eigenvalue weighted by atomic mass is 31.2. The van der Waals surface area contributed by atoms with Gasteiger partial charge in [0.15, 0.2) is 0 Å². The number of aryl methyl sites for hydroxylation is 1. The van der Waals surface area contributed by atoms with Crippen LogP contribution >= 0.6 is 8.38 Å². The molecule has 0 N–H and O–H groups in total. The first-order chi connectivity index (χ1) is 12.4. The highest BCUT2D eigenvalue weighted by Crippen LogP contribution is 2.50. The molecule has 1 atom stereocenters. The highest BCUT2D eigenvalue weighted by molar-refractivity contribution is 7.57. The maximum Gasteiger partial charge on any atom is 0.326 e. The van der Waals surface area contributed by atoms with Crippen LogP contribution in [0.5, 0.6) is 11.5 Å². The Hall–Kier alpha value is -2.31. The van der Waals surface area contributed by atoms with Crippen molar-refractivity contribution in [1.82, 2.24) is 0 Å². The van der Waals surface area contributed by atoms with Crippen LogP contribution in [0.25, 0.3) is 11.1 Å². The lowest BCUT2D eigenvalue weighted by Crippen LogP contribution is -2.19. The zero-order chi connectivity index (χ0) is 18.3. The van der Waals surface area contributed by atoms with E-state index in [1.807, 2.05) is 18.2 Å². The van der Waals surface area contributed by atoms with Crippen molar-refractivity contribution in [2.75, 3.05) is 0 Å². The number of para-hydroxylation sites is 1. The molecule has 4 rings (SSSR count). The molecule has 1 unspecified atom stereocenters. The molecule has 0 aliphatic carbocycles. The van der Waals surface area contributed by atoms with Crippen LogP contribution in [-0.4, -0.2) is 0 Å². The van der Waals surface area contributed by atoms with Gasteiger partial charge in [0.2, 0.25) is 0 Å². The predicted octanol–water partition coefficient (Wildman–Crippen LogP) is 6.37. The Labute approximate surface area is 156 Å². The summed E-state index contributed by atoms with van der Waals surface area (Å²) in [7, 11) is -1.22. The van der Waals surface area contributed by atoms with Crippen LogP contribution in [0.4, 0.5) is 0 Å². The fraction of sp³-hybridized carbons (Fsp3) is 0.217. The van der Waals surface area contributed by atoms with Gasteiger partial charge in [-0.1, -0.05) is 74.9 Å². The van der Waals surface area contributed by atoms with E-state index in [-0.39, 0.29) is 5.41 Å². The van der Waals surface area contributed by atoms with Crippen LogP contribution in [-0.2, 0) is 5.41 Å². The molecule has 0 aromatic heterocycles. The van der Waals surface area contributed by atoms with E-state index in [1.54, 1.807) is 0 Å². The maximum atomic E-state index is 6.49. The monoisotopic (exact) mass is 362 g/mol. The van der Waals surface area contributed by atoms with Gasteiger partial charge in [0.1, 0.15) is 11.5 Å². The molecule has 0 radical (unpaired) electrons. The summed E-state index contributed by atoms with van der Waals surface area (Å²) in [5.74, 6) is 1.80. The van der Waals surface area contributed by atoms with Gasteiger partial charge in [-0.15, -0.1) is 0 Å². The van der Waals surface area contributed by atoms with Crippen molar-refractivity contribution in [3.63, 3.8) is 0 Å². The zero-order valence-electron chi connectivity index (χ0n) is 15.6. The lowest BCUT2D eigenvalue weighted by molar-refractivity contribution is 0.480. The van der Waals surface area contributed by atoms with Gasteiger partial charge >= 0.3 is 8.38 Å². The molecule has 0 amide bonds. The molecule has 3 aromatic carbocycles. The van der Waals surface area contributed by atoms with Crippen LogP contribution in [0.3, 0.4) is 0 Å². The predicted molar refractivity (Wildman–Crippen MR) is 110 cm³/mol. The summed E-state index contributed by atoms with van der Waals surface area (Å²) in [5, 5.41) is 1.13. The molecule has 0 bridgehead atoms. The number of rotatable bonds is 2. The van der Waals surface area contributed by atoms with Crippen molar-refractivity contribution in [3.8, 4) is 22.6 Å². The van der Waals surface area contributed by atoms with Crippen LogP contribution in [0, 0.1) is 6.92 Å². The van der Waals surface area contributed by atoms with E-state index in [0.29, 0.717) is 0 Å². The Bertz CT molecular complexity index is 956. The van der Waals surface area contributed by atoms with Gasteiger partial charge in [0.25, 0.3) is 0 Å². The molecule has 0 saturated heterocycles. The Kier molecular flexibility index (Phi) is 4.25. The number of hydrogen-bond donors (Lipinski definition) is 0. The van der Waals surface area contributed by atoms with Crippen molar-refractivity contribution in [1.29, 1.82) is 0 Å². The molecular formula is C23H23O2P. The minimum atomic E-state index is -1.22. The van der Waals surface area contributed by atoms with Crippen molar-refractivity contribution >= 4 is 13.7 Å². The molecular weight excluding hydrogens is 339 g/mol. The topological polar surface area (TPSA) is 18.5 Å². The van der Waals surface area contributed by atoms with E-state index < -0.39 is 8.38 Å². The second-order valence-electron chi connectivity index (χ2n) is 7.70. The van der Waals surface area contributed by atoms with Gasteiger partial charge in [-0.25, -0.2) is 0 Å². The fourth-order valence-electron chi connectivity index (χ4n) is 3.23. The molecule has 1 aliphatic heterocycles. The SMILES string of the molecule is Cc1ccc(OP2Oc3ccccc3-c3ccccc32)c(C(C)(C)C)c1. The third-order valence-corrected chi connectivity index (χ3v) is 6.09. The second-order valence-corrected chi connectivity index (χ2v) is 9.06. The Balaban J connectivity index is 1.77. The van der Waals surface area contributed by atoms with Crippen LogP contribution in [0.1, 0.15) is 31.9 Å². The average Bonchev–Trinajstić information content (AvgIpc) is 2.62. The molecule has 0 spiro atoms. The van der Waals surface area contributed by atoms with Gasteiger partial charge in [-0.2, -0.15) is 0 Å². The largest absolute Gasteiger partial charge is 0.435 e. The Morgan fingerprint density at radius 2 is 1.54 bits per heavy atom. The summed E-state index contributed by atoms with van der Waals surface area (Å²) in [4.78, 5) is 0. The number of hydrogen-bond acceptors (Lipinski definition) is 2. The van der Waals surface area contributed by atoms with Crippen LogP contribution in [0.2, 0.25) is 0 Å². The molecule has 0 fully saturated rings. The Morgan fingerprint density at radius 3 is 2.31 bits per heavy atom. The zero-order valence-corrected chi connectivity index (χ0v) is 16.5. The highest BCUT2D eigenvalue weighted by Gasteiger charge is 2.30. The maximum absolute atomic E-state index is 6.49. The summed E-state index contributed by atoms with van der Waals surface area (Å²) in [6, 6.07) is 22.9. The van der Waals surface area contributed by atoms with Gasteiger partial charge in [0.05, 0.1) is 5.30 Å². The summed E-state index contributed by atoms with van der Waals surface area (Å²) in [5.41, 5.74) is 4.78. The number of fused-ring (bicyclic) bond motifs is 3. The third kappa shape index (κ3) is 3.10. The van der Waals surface area contributed by atoms with E-state index in [4.69, 9.17) is 9.05 Å². The van der Waals surface area contributed by atoms with E-state index in [2.05, 4.69) is 76.2 Å². The quantitative estimate of drug-likeness (QED) is 0.493. The first kappa shape index (κ1) is 17.1. The fourth-order valence-corrected chi connectivity index (χ4v) is 4.74. The molecule has 0 saturated carbocycles. The molecule has 3 heteroatoms. The molecule has 2 nitrogen and oxygen atoms in total. The van der Waals surface area contributed by atoms with Crippen LogP contribution in [0.15, 0.2) is 66.7 Å². The van der Waals surface area contributed by atoms with Gasteiger partial charge < -0.3 is 9.05 Å². The van der Waals surface area contributed by atoms with E-state index in [1.165, 1.54) is 16.7 Å². The van der Waals surface area contributed by atoms with Crippen molar-refractivity contribution in [2.45, 2.75) is 33.1 Å². The molecule has 1 heterocycles. The first-order valence-electron chi connectivity index (χ1n) is 8.89. The van der Waals surface area contributed by atoms with Crippen LogP contribution < -0.4 is 14.4 Å². The van der Waals surface area contributed by atoms with Crippen molar-refractivity contribution < 1.29 is 9.05 Å². The second kappa shape index (κ2) is 6.45.